The zero-order valence-electron chi connectivity index (χ0n) is 23.0. The van der Waals surface area contributed by atoms with Crippen LogP contribution in [0.15, 0.2) is 95.0 Å². The minimum absolute atomic E-state index is 0.0782. The minimum atomic E-state index is -0.545. The Labute approximate surface area is 258 Å². The number of methoxy groups -OCH3 is 1. The van der Waals surface area contributed by atoms with Gasteiger partial charge in [0.05, 0.1) is 18.2 Å². The molecule has 0 aliphatic rings. The van der Waals surface area contributed by atoms with Gasteiger partial charge >= 0.3 is 0 Å². The third kappa shape index (κ3) is 8.29. The fourth-order valence-corrected chi connectivity index (χ4v) is 4.63. The quantitative estimate of drug-likeness (QED) is 0.123. The summed E-state index contributed by atoms with van der Waals surface area (Å²) in [4.78, 5) is 12.7. The number of carbonyl (C=O) groups is 1. The molecule has 0 aliphatic heterocycles. The first kappa shape index (κ1) is 30.5. The van der Waals surface area contributed by atoms with E-state index in [9.17, 15) is 10.1 Å². The lowest BCUT2D eigenvalue weighted by Gasteiger charge is -2.16. The van der Waals surface area contributed by atoms with Gasteiger partial charge in [-0.25, -0.2) is 0 Å². The van der Waals surface area contributed by atoms with Crippen LogP contribution in [0.25, 0.3) is 6.08 Å². The molecule has 0 bridgehead atoms. The van der Waals surface area contributed by atoms with Gasteiger partial charge in [0.25, 0.3) is 5.91 Å². The smallest absolute Gasteiger partial charge is 0.266 e. The van der Waals surface area contributed by atoms with Gasteiger partial charge in [-0.1, -0.05) is 48.0 Å². The lowest BCUT2D eigenvalue weighted by molar-refractivity contribution is -0.112. The van der Waals surface area contributed by atoms with Crippen molar-refractivity contribution in [1.29, 1.82) is 5.26 Å². The standard InChI is InChI=1S/C33H28BrClN2O5/c1-3-40-30-17-23(9-14-29(30)41-20-22-7-5-4-6-8-22)21-42-32-28(34)16-24(18-31(32)39-2)15-25(19-36)33(38)37-27-12-10-26(35)11-13-27/h4-18H,3,20-21H2,1-2H3,(H,37,38)/b25-15-. The average Bonchev–Trinajstić information content (AvgIpc) is 3.00. The van der Waals surface area contributed by atoms with E-state index in [4.69, 9.17) is 30.5 Å². The molecular formula is C33H28BrClN2O5. The lowest BCUT2D eigenvalue weighted by atomic mass is 10.1. The van der Waals surface area contributed by atoms with E-state index < -0.39 is 5.91 Å². The Hall–Kier alpha value is -4.45. The maximum absolute atomic E-state index is 12.7. The van der Waals surface area contributed by atoms with Crippen molar-refractivity contribution in [2.75, 3.05) is 19.0 Å². The van der Waals surface area contributed by atoms with Gasteiger partial charge in [-0.2, -0.15) is 5.26 Å². The summed E-state index contributed by atoms with van der Waals surface area (Å²) in [6, 6.07) is 27.6. The summed E-state index contributed by atoms with van der Waals surface area (Å²) < 4.78 is 24.1. The second-order valence-corrected chi connectivity index (χ2v) is 10.2. The molecule has 1 N–H and O–H groups in total. The summed E-state index contributed by atoms with van der Waals surface area (Å²) in [5.74, 6) is 1.63. The van der Waals surface area contributed by atoms with Gasteiger partial charge in [0.2, 0.25) is 0 Å². The molecule has 1 amide bonds. The molecule has 42 heavy (non-hydrogen) atoms. The van der Waals surface area contributed by atoms with Crippen LogP contribution < -0.4 is 24.3 Å². The minimum Gasteiger partial charge on any atom is -0.493 e. The fourth-order valence-electron chi connectivity index (χ4n) is 3.93. The molecule has 4 rings (SSSR count). The van der Waals surface area contributed by atoms with Crippen LogP contribution in [0.2, 0.25) is 5.02 Å². The van der Waals surface area contributed by atoms with Crippen LogP contribution in [0.5, 0.6) is 23.0 Å². The molecule has 7 nitrogen and oxygen atoms in total. The first-order valence-electron chi connectivity index (χ1n) is 13.0. The molecule has 0 unspecified atom stereocenters. The maximum atomic E-state index is 12.7. The number of carbonyl (C=O) groups excluding carboxylic acids is 1. The monoisotopic (exact) mass is 646 g/mol. The van der Waals surface area contributed by atoms with Crippen molar-refractivity contribution < 1.29 is 23.7 Å². The maximum Gasteiger partial charge on any atom is 0.266 e. The number of nitriles is 1. The molecule has 0 saturated carbocycles. The lowest BCUT2D eigenvalue weighted by Crippen LogP contribution is -2.13. The third-order valence-electron chi connectivity index (χ3n) is 5.96. The molecule has 0 aliphatic carbocycles. The normalized spacial score (nSPS) is 10.9. The van der Waals surface area contributed by atoms with Crippen molar-refractivity contribution in [2.45, 2.75) is 20.1 Å². The van der Waals surface area contributed by atoms with E-state index >= 15 is 0 Å². The van der Waals surface area contributed by atoms with Gasteiger partial charge < -0.3 is 24.3 Å². The Balaban J connectivity index is 1.48. The zero-order valence-corrected chi connectivity index (χ0v) is 25.4. The molecule has 0 aromatic heterocycles. The number of rotatable bonds is 12. The molecule has 0 atom stereocenters. The van der Waals surface area contributed by atoms with Crippen LogP contribution in [0.1, 0.15) is 23.6 Å². The van der Waals surface area contributed by atoms with E-state index in [0.717, 1.165) is 11.1 Å². The molecular weight excluding hydrogens is 620 g/mol. The number of anilines is 1. The largest absolute Gasteiger partial charge is 0.493 e. The number of ether oxygens (including phenoxy) is 4. The van der Waals surface area contributed by atoms with Gasteiger partial charge in [-0.15, -0.1) is 0 Å². The van der Waals surface area contributed by atoms with E-state index in [1.54, 1.807) is 36.4 Å². The van der Waals surface area contributed by atoms with Crippen LogP contribution in [0.4, 0.5) is 5.69 Å². The molecule has 0 spiro atoms. The van der Waals surface area contributed by atoms with E-state index in [1.807, 2.05) is 61.5 Å². The zero-order chi connectivity index (χ0) is 29.9. The van der Waals surface area contributed by atoms with Crippen molar-refractivity contribution in [3.05, 3.63) is 117 Å². The molecule has 4 aromatic rings. The molecule has 4 aromatic carbocycles. The first-order chi connectivity index (χ1) is 20.4. The Kier molecular flexibility index (Phi) is 10.9. The molecule has 0 radical (unpaired) electrons. The Bertz CT molecular complexity index is 1600. The highest BCUT2D eigenvalue weighted by atomic mass is 79.9. The SMILES string of the molecule is CCOc1cc(COc2c(Br)cc(/C=C(/C#N)C(=O)Nc3ccc(Cl)cc3)cc2OC)ccc1OCc1ccccc1. The average molecular weight is 648 g/mol. The third-order valence-corrected chi connectivity index (χ3v) is 6.80. The number of nitrogens with zero attached hydrogens (tertiary/aromatic N) is 1. The van der Waals surface area contributed by atoms with Gasteiger partial charge in [0.15, 0.2) is 23.0 Å². The van der Waals surface area contributed by atoms with E-state index in [2.05, 4.69) is 21.2 Å². The van der Waals surface area contributed by atoms with E-state index in [1.165, 1.54) is 13.2 Å². The summed E-state index contributed by atoms with van der Waals surface area (Å²) in [5, 5.41) is 12.9. The van der Waals surface area contributed by atoms with Gasteiger partial charge in [0.1, 0.15) is 24.9 Å². The van der Waals surface area contributed by atoms with Crippen LogP contribution >= 0.6 is 27.5 Å². The Morgan fingerprint density at radius 1 is 0.905 bits per heavy atom. The van der Waals surface area contributed by atoms with Crippen molar-refractivity contribution in [3.8, 4) is 29.1 Å². The summed E-state index contributed by atoms with van der Waals surface area (Å²) in [6.45, 7) is 3.07. The number of halogens is 2. The van der Waals surface area contributed by atoms with Gasteiger partial charge in [-0.3, -0.25) is 4.79 Å². The number of amides is 1. The van der Waals surface area contributed by atoms with Crippen molar-refractivity contribution in [1.82, 2.24) is 0 Å². The molecule has 0 saturated heterocycles. The first-order valence-corrected chi connectivity index (χ1v) is 14.2. The predicted molar refractivity (Wildman–Crippen MR) is 167 cm³/mol. The van der Waals surface area contributed by atoms with Crippen LogP contribution in [-0.2, 0) is 18.0 Å². The van der Waals surface area contributed by atoms with Crippen molar-refractivity contribution in [3.63, 3.8) is 0 Å². The fraction of sp³-hybridized carbons (Fsp3) is 0.152. The Morgan fingerprint density at radius 2 is 1.64 bits per heavy atom. The van der Waals surface area contributed by atoms with Gasteiger partial charge in [-0.05, 0) is 94.2 Å². The number of benzene rings is 4. The summed E-state index contributed by atoms with van der Waals surface area (Å²) in [6.07, 6.45) is 1.48. The molecule has 0 heterocycles. The van der Waals surface area contributed by atoms with Crippen LogP contribution in [0.3, 0.4) is 0 Å². The topological polar surface area (TPSA) is 89.8 Å². The number of hydrogen-bond donors (Lipinski definition) is 1. The second-order valence-electron chi connectivity index (χ2n) is 8.94. The Morgan fingerprint density at radius 3 is 2.33 bits per heavy atom. The molecule has 0 fully saturated rings. The summed E-state index contributed by atoms with van der Waals surface area (Å²) in [7, 11) is 1.52. The number of hydrogen-bond acceptors (Lipinski definition) is 6. The van der Waals surface area contributed by atoms with Gasteiger partial charge in [0, 0.05) is 10.7 Å². The highest BCUT2D eigenvalue weighted by Crippen LogP contribution is 2.38. The van der Waals surface area contributed by atoms with E-state index in [0.29, 0.717) is 57.0 Å². The molecule has 9 heteroatoms. The summed E-state index contributed by atoms with van der Waals surface area (Å²) in [5.41, 5.74) is 2.95. The van der Waals surface area contributed by atoms with Crippen molar-refractivity contribution in [2.24, 2.45) is 0 Å². The highest BCUT2D eigenvalue weighted by Gasteiger charge is 2.15. The number of nitrogens with one attached hydrogen (secondary N) is 1. The highest BCUT2D eigenvalue weighted by molar-refractivity contribution is 9.10. The van der Waals surface area contributed by atoms with Crippen LogP contribution in [-0.4, -0.2) is 19.6 Å². The predicted octanol–water partition coefficient (Wildman–Crippen LogP) is 8.21. The van der Waals surface area contributed by atoms with E-state index in [-0.39, 0.29) is 12.2 Å². The second kappa shape index (κ2) is 15.0. The molecule has 214 valence electrons. The summed E-state index contributed by atoms with van der Waals surface area (Å²) >= 11 is 9.44. The van der Waals surface area contributed by atoms with Crippen LogP contribution in [0, 0.1) is 11.3 Å². The van der Waals surface area contributed by atoms with Crippen molar-refractivity contribution >= 4 is 45.2 Å².